The van der Waals surface area contributed by atoms with Crippen LogP contribution in [0.15, 0.2) is 18.2 Å². The number of benzene rings is 1. The molecular weight excluding hydrogens is 278 g/mol. The van der Waals surface area contributed by atoms with Gasteiger partial charge >= 0.3 is 6.18 Å². The van der Waals surface area contributed by atoms with Crippen molar-refractivity contribution >= 4 is 24.0 Å². The molecule has 0 aliphatic heterocycles. The Morgan fingerprint density at radius 3 is 2.29 bits per heavy atom. The van der Waals surface area contributed by atoms with Crippen molar-refractivity contribution in [2.75, 3.05) is 0 Å². The lowest BCUT2D eigenvalue weighted by Crippen LogP contribution is -2.39. The first-order chi connectivity index (χ1) is 7.23. The van der Waals surface area contributed by atoms with E-state index >= 15 is 0 Å². The molecule has 0 radical (unpaired) electrons. The Balaban J connectivity index is 0.00000256. The highest BCUT2D eigenvalue weighted by atomic mass is 35.5. The molecule has 98 valence electrons. The summed E-state index contributed by atoms with van der Waals surface area (Å²) in [7, 11) is 0. The van der Waals surface area contributed by atoms with Gasteiger partial charge in [-0.3, -0.25) is 0 Å². The van der Waals surface area contributed by atoms with Gasteiger partial charge in [-0.1, -0.05) is 17.7 Å². The number of aryl methyl sites for hydroxylation is 1. The third-order valence-corrected chi connectivity index (χ3v) is 2.50. The molecule has 0 aliphatic rings. The van der Waals surface area contributed by atoms with Gasteiger partial charge < -0.3 is 10.8 Å². The number of rotatable bonds is 2. The predicted molar refractivity (Wildman–Crippen MR) is 62.4 cm³/mol. The first-order valence-corrected chi connectivity index (χ1v) is 4.87. The molecule has 2 atom stereocenters. The second-order valence-corrected chi connectivity index (χ2v) is 3.95. The first kappa shape index (κ1) is 16.5. The standard InChI is InChI=1S/C10H11ClF3NO.ClH/c1-5-4-6(11)2-3-7(5)8(15)9(16)10(12,13)14;/h2-4,8-9,16H,15H2,1H3;1H/t8-,9-;/m0./s1. The fourth-order valence-electron chi connectivity index (χ4n) is 1.39. The van der Waals surface area contributed by atoms with Gasteiger partial charge in [0.1, 0.15) is 0 Å². The second-order valence-electron chi connectivity index (χ2n) is 3.51. The van der Waals surface area contributed by atoms with E-state index in [1.807, 2.05) is 0 Å². The van der Waals surface area contributed by atoms with Gasteiger partial charge in [-0.25, -0.2) is 0 Å². The smallest absolute Gasteiger partial charge is 0.382 e. The summed E-state index contributed by atoms with van der Waals surface area (Å²) in [5.41, 5.74) is 6.11. The van der Waals surface area contributed by atoms with Crippen LogP contribution in [0.25, 0.3) is 0 Å². The summed E-state index contributed by atoms with van der Waals surface area (Å²) in [6.07, 6.45) is -7.31. The average molecular weight is 290 g/mol. The number of halogens is 5. The topological polar surface area (TPSA) is 46.2 Å². The van der Waals surface area contributed by atoms with Crippen molar-refractivity contribution in [2.24, 2.45) is 5.73 Å². The maximum atomic E-state index is 12.2. The lowest BCUT2D eigenvalue weighted by molar-refractivity contribution is -0.210. The lowest BCUT2D eigenvalue weighted by atomic mass is 9.97. The van der Waals surface area contributed by atoms with E-state index in [0.29, 0.717) is 10.6 Å². The fourth-order valence-corrected chi connectivity index (χ4v) is 1.61. The van der Waals surface area contributed by atoms with Crippen LogP contribution < -0.4 is 5.73 Å². The minimum Gasteiger partial charge on any atom is -0.382 e. The summed E-state index contributed by atoms with van der Waals surface area (Å²) in [6.45, 7) is 1.59. The van der Waals surface area contributed by atoms with Gasteiger partial charge in [0, 0.05) is 5.02 Å². The molecule has 0 spiro atoms. The molecule has 0 aromatic heterocycles. The quantitative estimate of drug-likeness (QED) is 0.879. The van der Waals surface area contributed by atoms with Gasteiger partial charge in [-0.15, -0.1) is 12.4 Å². The van der Waals surface area contributed by atoms with Crippen molar-refractivity contribution in [3.05, 3.63) is 34.3 Å². The molecule has 1 aromatic rings. The van der Waals surface area contributed by atoms with E-state index in [-0.39, 0.29) is 18.0 Å². The Labute approximate surface area is 108 Å². The molecule has 0 fully saturated rings. The van der Waals surface area contributed by atoms with Crippen LogP contribution in [0.4, 0.5) is 13.2 Å². The molecule has 0 amide bonds. The molecule has 3 N–H and O–H groups in total. The van der Waals surface area contributed by atoms with Crippen LogP contribution in [-0.2, 0) is 0 Å². The zero-order valence-electron chi connectivity index (χ0n) is 8.83. The Hall–Kier alpha value is -0.490. The minimum absolute atomic E-state index is 0. The zero-order chi connectivity index (χ0) is 12.5. The van der Waals surface area contributed by atoms with Crippen LogP contribution in [0.3, 0.4) is 0 Å². The summed E-state index contributed by atoms with van der Waals surface area (Å²) in [6, 6.07) is 2.82. The summed E-state index contributed by atoms with van der Waals surface area (Å²) < 4.78 is 36.7. The molecule has 0 saturated carbocycles. The zero-order valence-corrected chi connectivity index (χ0v) is 10.4. The van der Waals surface area contributed by atoms with Crippen LogP contribution in [0, 0.1) is 6.92 Å². The molecule has 0 aliphatic carbocycles. The highest BCUT2D eigenvalue weighted by Gasteiger charge is 2.42. The predicted octanol–water partition coefficient (Wildman–Crippen LogP) is 2.99. The molecule has 0 heterocycles. The fraction of sp³-hybridized carbons (Fsp3) is 0.400. The van der Waals surface area contributed by atoms with E-state index in [2.05, 4.69) is 0 Å². The summed E-state index contributed by atoms with van der Waals surface area (Å²) in [5, 5.41) is 9.43. The molecule has 17 heavy (non-hydrogen) atoms. The minimum atomic E-state index is -4.73. The number of nitrogens with two attached hydrogens (primary N) is 1. The maximum absolute atomic E-state index is 12.2. The third-order valence-electron chi connectivity index (χ3n) is 2.27. The number of aliphatic hydroxyl groups is 1. The largest absolute Gasteiger partial charge is 0.416 e. The Morgan fingerprint density at radius 1 is 1.35 bits per heavy atom. The number of alkyl halides is 3. The SMILES string of the molecule is Cc1cc(Cl)ccc1[C@H](N)[C@H](O)C(F)(F)F.Cl. The number of hydrogen-bond donors (Lipinski definition) is 2. The van der Waals surface area contributed by atoms with Gasteiger partial charge in [0.05, 0.1) is 6.04 Å². The van der Waals surface area contributed by atoms with E-state index in [4.69, 9.17) is 22.4 Å². The van der Waals surface area contributed by atoms with Crippen LogP contribution in [0.2, 0.25) is 5.02 Å². The first-order valence-electron chi connectivity index (χ1n) is 4.50. The molecule has 0 bridgehead atoms. The molecule has 1 aromatic carbocycles. The summed E-state index contributed by atoms with van der Waals surface area (Å²) >= 11 is 5.67. The van der Waals surface area contributed by atoms with E-state index in [0.717, 1.165) is 0 Å². The van der Waals surface area contributed by atoms with E-state index < -0.39 is 18.3 Å². The van der Waals surface area contributed by atoms with Crippen LogP contribution in [0.5, 0.6) is 0 Å². The molecule has 7 heteroatoms. The summed E-state index contributed by atoms with van der Waals surface area (Å²) in [4.78, 5) is 0. The van der Waals surface area contributed by atoms with Crippen molar-refractivity contribution in [3.8, 4) is 0 Å². The van der Waals surface area contributed by atoms with Crippen molar-refractivity contribution in [1.29, 1.82) is 0 Å². The van der Waals surface area contributed by atoms with Crippen molar-refractivity contribution < 1.29 is 18.3 Å². The Kier molecular flexibility index (Phi) is 5.74. The Morgan fingerprint density at radius 2 is 1.88 bits per heavy atom. The maximum Gasteiger partial charge on any atom is 0.416 e. The molecule has 0 saturated heterocycles. The van der Waals surface area contributed by atoms with E-state index in [9.17, 15) is 13.2 Å². The molecule has 1 rings (SSSR count). The van der Waals surface area contributed by atoms with Crippen molar-refractivity contribution in [2.45, 2.75) is 25.2 Å². The van der Waals surface area contributed by atoms with Gasteiger partial charge in [0.25, 0.3) is 0 Å². The Bertz CT molecular complexity index is 384. The average Bonchev–Trinajstić information content (AvgIpc) is 2.14. The van der Waals surface area contributed by atoms with Gasteiger partial charge in [-0.05, 0) is 30.2 Å². The van der Waals surface area contributed by atoms with E-state index in [1.165, 1.54) is 18.2 Å². The van der Waals surface area contributed by atoms with Crippen LogP contribution >= 0.6 is 24.0 Å². The van der Waals surface area contributed by atoms with Crippen LogP contribution in [0.1, 0.15) is 17.2 Å². The molecule has 2 nitrogen and oxygen atoms in total. The number of hydrogen-bond acceptors (Lipinski definition) is 2. The normalized spacial score (nSPS) is 15.0. The summed E-state index contributed by atoms with van der Waals surface area (Å²) in [5.74, 6) is 0. The van der Waals surface area contributed by atoms with E-state index in [1.54, 1.807) is 6.92 Å². The third kappa shape index (κ3) is 4.03. The van der Waals surface area contributed by atoms with Gasteiger partial charge in [0.15, 0.2) is 6.10 Å². The molecule has 0 unspecified atom stereocenters. The number of aliphatic hydroxyl groups excluding tert-OH is 1. The monoisotopic (exact) mass is 289 g/mol. The van der Waals surface area contributed by atoms with Gasteiger partial charge in [0.2, 0.25) is 0 Å². The van der Waals surface area contributed by atoms with Crippen molar-refractivity contribution in [3.63, 3.8) is 0 Å². The van der Waals surface area contributed by atoms with Gasteiger partial charge in [-0.2, -0.15) is 13.2 Å². The van der Waals surface area contributed by atoms with Crippen molar-refractivity contribution in [1.82, 2.24) is 0 Å². The highest BCUT2D eigenvalue weighted by Crippen LogP contribution is 2.30. The lowest BCUT2D eigenvalue weighted by Gasteiger charge is -2.23. The molecular formula is C10H12Cl2F3NO. The second kappa shape index (κ2) is 5.91. The van der Waals surface area contributed by atoms with Crippen LogP contribution in [-0.4, -0.2) is 17.4 Å². The highest BCUT2D eigenvalue weighted by molar-refractivity contribution is 6.30.